The first-order valence-electron chi connectivity index (χ1n) is 9.49. The Morgan fingerprint density at radius 3 is 2.93 bits per heavy atom. The molecule has 4 aromatic rings. The van der Waals surface area contributed by atoms with Crippen LogP contribution in [0.4, 0.5) is 10.2 Å². The minimum atomic E-state index is -0.815. The predicted molar refractivity (Wildman–Crippen MR) is 105 cm³/mol. The minimum Gasteiger partial charge on any atom is -0.364 e. The van der Waals surface area contributed by atoms with E-state index >= 15 is 0 Å². The van der Waals surface area contributed by atoms with Crippen molar-refractivity contribution in [3.8, 4) is 22.8 Å². The SMILES string of the molecule is F[C@H]1CCCC[C@@H]1Nc1cccc(-c2cnc3cc(-c4ncn[nH]4)ccn23)n1. The first kappa shape index (κ1) is 16.9. The molecule has 1 aliphatic rings. The van der Waals surface area contributed by atoms with Crippen LogP contribution in [-0.4, -0.2) is 41.8 Å². The molecule has 2 atom stereocenters. The number of alkyl halides is 1. The van der Waals surface area contributed by atoms with Gasteiger partial charge in [0, 0.05) is 11.8 Å². The monoisotopic (exact) mass is 377 g/mol. The summed E-state index contributed by atoms with van der Waals surface area (Å²) in [6.45, 7) is 0. The largest absolute Gasteiger partial charge is 0.364 e. The molecule has 0 amide bonds. The second-order valence-corrected chi connectivity index (χ2v) is 7.08. The zero-order valence-electron chi connectivity index (χ0n) is 15.2. The summed E-state index contributed by atoms with van der Waals surface area (Å²) < 4.78 is 16.1. The van der Waals surface area contributed by atoms with Crippen LogP contribution in [0.3, 0.4) is 0 Å². The molecule has 1 aliphatic carbocycles. The van der Waals surface area contributed by atoms with Gasteiger partial charge in [-0.15, -0.1) is 0 Å². The molecule has 0 unspecified atom stereocenters. The number of nitrogens with zero attached hydrogens (tertiary/aromatic N) is 5. The molecule has 4 aromatic heterocycles. The average Bonchev–Trinajstić information content (AvgIpc) is 3.39. The normalized spacial score (nSPS) is 19.8. The quantitative estimate of drug-likeness (QED) is 0.564. The van der Waals surface area contributed by atoms with Crippen molar-refractivity contribution in [1.82, 2.24) is 29.5 Å². The van der Waals surface area contributed by atoms with Crippen LogP contribution in [-0.2, 0) is 0 Å². The van der Waals surface area contributed by atoms with Crippen LogP contribution in [0.25, 0.3) is 28.4 Å². The summed E-state index contributed by atoms with van der Waals surface area (Å²) in [7, 11) is 0. The second kappa shape index (κ2) is 7.03. The molecule has 1 saturated carbocycles. The molecule has 0 spiro atoms. The highest BCUT2D eigenvalue weighted by atomic mass is 19.1. The fraction of sp³-hybridized carbons (Fsp3) is 0.300. The molecule has 2 N–H and O–H groups in total. The number of hydrogen-bond acceptors (Lipinski definition) is 5. The number of hydrogen-bond donors (Lipinski definition) is 2. The van der Waals surface area contributed by atoms with E-state index in [9.17, 15) is 4.39 Å². The van der Waals surface area contributed by atoms with Crippen LogP contribution in [0, 0.1) is 0 Å². The maximum atomic E-state index is 14.2. The van der Waals surface area contributed by atoms with Gasteiger partial charge in [-0.2, -0.15) is 5.10 Å². The summed E-state index contributed by atoms with van der Waals surface area (Å²) >= 11 is 0. The van der Waals surface area contributed by atoms with Gasteiger partial charge in [0.1, 0.15) is 24.0 Å². The number of aromatic amines is 1. The number of anilines is 1. The van der Waals surface area contributed by atoms with Gasteiger partial charge in [0.25, 0.3) is 0 Å². The van der Waals surface area contributed by atoms with E-state index in [-0.39, 0.29) is 6.04 Å². The summed E-state index contributed by atoms with van der Waals surface area (Å²) in [6.07, 6.45) is 7.88. The molecule has 28 heavy (non-hydrogen) atoms. The molecular formula is C20H20FN7. The molecule has 5 rings (SSSR count). The lowest BCUT2D eigenvalue weighted by molar-refractivity contribution is 0.229. The number of fused-ring (bicyclic) bond motifs is 1. The van der Waals surface area contributed by atoms with E-state index in [1.54, 1.807) is 6.20 Å². The number of pyridine rings is 2. The molecule has 0 aromatic carbocycles. The predicted octanol–water partition coefficient (Wildman–Crippen LogP) is 3.87. The summed E-state index contributed by atoms with van der Waals surface area (Å²) in [6, 6.07) is 9.49. The van der Waals surface area contributed by atoms with Gasteiger partial charge in [0.05, 0.1) is 23.6 Å². The Kier molecular flexibility index (Phi) is 4.23. The topological polar surface area (TPSA) is 83.8 Å². The zero-order chi connectivity index (χ0) is 18.9. The average molecular weight is 377 g/mol. The van der Waals surface area contributed by atoms with Crippen molar-refractivity contribution < 1.29 is 4.39 Å². The Morgan fingerprint density at radius 2 is 2.07 bits per heavy atom. The molecular weight excluding hydrogens is 357 g/mol. The fourth-order valence-electron chi connectivity index (χ4n) is 3.76. The minimum absolute atomic E-state index is 0.164. The first-order chi connectivity index (χ1) is 13.8. The van der Waals surface area contributed by atoms with Crippen molar-refractivity contribution in [3.63, 3.8) is 0 Å². The Morgan fingerprint density at radius 1 is 1.14 bits per heavy atom. The van der Waals surface area contributed by atoms with Crippen LogP contribution >= 0.6 is 0 Å². The zero-order valence-corrected chi connectivity index (χ0v) is 15.2. The summed E-state index contributed by atoms with van der Waals surface area (Å²) in [4.78, 5) is 13.4. The summed E-state index contributed by atoms with van der Waals surface area (Å²) in [5.41, 5.74) is 3.37. The van der Waals surface area contributed by atoms with Gasteiger partial charge in [-0.3, -0.25) is 9.50 Å². The van der Waals surface area contributed by atoms with Crippen LogP contribution in [0.15, 0.2) is 49.1 Å². The maximum absolute atomic E-state index is 14.2. The van der Waals surface area contributed by atoms with Gasteiger partial charge in [-0.05, 0) is 37.1 Å². The van der Waals surface area contributed by atoms with Crippen molar-refractivity contribution in [2.45, 2.75) is 37.9 Å². The molecule has 0 aliphatic heterocycles. The standard InChI is InChI=1S/C20H20FN7/c21-14-4-1-2-5-15(14)25-18-7-3-6-16(26-18)17-11-22-19-10-13(8-9-28(17)19)20-23-12-24-27-20/h3,6-12,14-15H,1-2,4-5H2,(H,25,26)(H,23,24,27)/t14-,15-/m0/s1. The van der Waals surface area contributed by atoms with Crippen LogP contribution < -0.4 is 5.32 Å². The van der Waals surface area contributed by atoms with Crippen LogP contribution in [0.2, 0.25) is 0 Å². The lowest BCUT2D eigenvalue weighted by Gasteiger charge is -2.27. The van der Waals surface area contributed by atoms with Crippen molar-refractivity contribution in [2.75, 3.05) is 5.32 Å². The first-order valence-corrected chi connectivity index (χ1v) is 9.49. The van der Waals surface area contributed by atoms with E-state index in [1.807, 2.05) is 40.9 Å². The highest BCUT2D eigenvalue weighted by molar-refractivity contribution is 5.66. The number of imidazole rings is 1. The maximum Gasteiger partial charge on any atom is 0.155 e. The third kappa shape index (κ3) is 3.11. The van der Waals surface area contributed by atoms with E-state index < -0.39 is 6.17 Å². The third-order valence-electron chi connectivity index (χ3n) is 5.23. The number of rotatable bonds is 4. The number of H-pyrrole nitrogens is 1. The molecule has 0 radical (unpaired) electrons. The van der Waals surface area contributed by atoms with Gasteiger partial charge in [-0.1, -0.05) is 18.9 Å². The summed E-state index contributed by atoms with van der Waals surface area (Å²) in [5.74, 6) is 1.39. The molecule has 142 valence electrons. The van der Waals surface area contributed by atoms with Crippen molar-refractivity contribution in [1.29, 1.82) is 0 Å². The van der Waals surface area contributed by atoms with E-state index in [2.05, 4.69) is 25.5 Å². The molecule has 7 nitrogen and oxygen atoms in total. The number of halogens is 1. The van der Waals surface area contributed by atoms with Gasteiger partial charge in [0.2, 0.25) is 0 Å². The number of aromatic nitrogens is 6. The third-order valence-corrected chi connectivity index (χ3v) is 5.23. The van der Waals surface area contributed by atoms with Crippen molar-refractivity contribution in [3.05, 3.63) is 49.1 Å². The lowest BCUT2D eigenvalue weighted by atomic mass is 9.94. The summed E-state index contributed by atoms with van der Waals surface area (Å²) in [5, 5.41) is 10.0. The Balaban J connectivity index is 1.45. The Bertz CT molecular complexity index is 1090. The van der Waals surface area contributed by atoms with Gasteiger partial charge in [-0.25, -0.2) is 19.3 Å². The van der Waals surface area contributed by atoms with Crippen LogP contribution in [0.1, 0.15) is 25.7 Å². The van der Waals surface area contributed by atoms with Crippen molar-refractivity contribution >= 4 is 11.5 Å². The Labute approximate surface area is 161 Å². The lowest BCUT2D eigenvalue weighted by Crippen LogP contribution is -2.33. The highest BCUT2D eigenvalue weighted by Gasteiger charge is 2.24. The van der Waals surface area contributed by atoms with Gasteiger partial charge in [0.15, 0.2) is 5.82 Å². The number of nitrogens with one attached hydrogen (secondary N) is 2. The highest BCUT2D eigenvalue weighted by Crippen LogP contribution is 2.26. The van der Waals surface area contributed by atoms with Crippen molar-refractivity contribution in [2.24, 2.45) is 0 Å². The molecule has 4 heterocycles. The van der Waals surface area contributed by atoms with E-state index in [0.717, 1.165) is 41.9 Å². The van der Waals surface area contributed by atoms with Gasteiger partial charge >= 0.3 is 0 Å². The van der Waals surface area contributed by atoms with E-state index in [4.69, 9.17) is 4.98 Å². The molecule has 0 saturated heterocycles. The Hall–Kier alpha value is -3.29. The van der Waals surface area contributed by atoms with E-state index in [1.165, 1.54) is 6.33 Å². The van der Waals surface area contributed by atoms with Gasteiger partial charge < -0.3 is 5.32 Å². The smallest absolute Gasteiger partial charge is 0.155 e. The second-order valence-electron chi connectivity index (χ2n) is 7.08. The fourth-order valence-corrected chi connectivity index (χ4v) is 3.76. The van der Waals surface area contributed by atoms with E-state index in [0.29, 0.717) is 18.1 Å². The molecule has 0 bridgehead atoms. The molecule has 1 fully saturated rings. The van der Waals surface area contributed by atoms with Crippen LogP contribution in [0.5, 0.6) is 0 Å². The molecule has 8 heteroatoms.